The fourth-order valence-corrected chi connectivity index (χ4v) is 2.73. The van der Waals surface area contributed by atoms with Crippen LogP contribution in [0.1, 0.15) is 31.0 Å². The molecule has 102 valence electrons. The van der Waals surface area contributed by atoms with Gasteiger partial charge >= 0.3 is 0 Å². The molecule has 1 fully saturated rings. The van der Waals surface area contributed by atoms with E-state index >= 15 is 0 Å². The van der Waals surface area contributed by atoms with Gasteiger partial charge in [-0.3, -0.25) is 9.78 Å². The van der Waals surface area contributed by atoms with Crippen molar-refractivity contribution in [2.24, 2.45) is 0 Å². The quantitative estimate of drug-likeness (QED) is 0.879. The summed E-state index contributed by atoms with van der Waals surface area (Å²) in [4.78, 5) is 6.80. The zero-order chi connectivity index (χ0) is 12.9. The first kappa shape index (κ1) is 12.3. The predicted molar refractivity (Wildman–Crippen MR) is 71.6 cm³/mol. The molecule has 2 aromatic heterocycles. The molecule has 0 saturated carbocycles. The predicted octanol–water partition coefficient (Wildman–Crippen LogP) is 1.27. The molecule has 1 aliphatic rings. The van der Waals surface area contributed by atoms with Crippen LogP contribution in [-0.4, -0.2) is 49.5 Å². The van der Waals surface area contributed by atoms with Crippen LogP contribution in [0, 0.1) is 0 Å². The maximum atomic E-state index is 4.26. The highest BCUT2D eigenvalue weighted by Gasteiger charge is 2.21. The molecule has 0 atom stereocenters. The van der Waals surface area contributed by atoms with Crippen molar-refractivity contribution in [3.8, 4) is 0 Å². The van der Waals surface area contributed by atoms with Crippen molar-refractivity contribution < 1.29 is 0 Å². The highest BCUT2D eigenvalue weighted by Crippen LogP contribution is 2.24. The van der Waals surface area contributed by atoms with Gasteiger partial charge in [-0.05, 0) is 45.0 Å². The minimum Gasteiger partial charge on any atom is -0.303 e. The van der Waals surface area contributed by atoms with Gasteiger partial charge in [0.05, 0.1) is 0 Å². The van der Waals surface area contributed by atoms with E-state index in [9.17, 15) is 0 Å². The molecule has 0 bridgehead atoms. The Labute approximate surface area is 112 Å². The van der Waals surface area contributed by atoms with Gasteiger partial charge in [0.25, 0.3) is 0 Å². The number of hydrogen-bond acceptors (Lipinski definition) is 4. The molecule has 6 nitrogen and oxygen atoms in total. The highest BCUT2D eigenvalue weighted by atomic mass is 15.3. The third-order valence-electron chi connectivity index (χ3n) is 3.83. The zero-order valence-electron chi connectivity index (χ0n) is 11.1. The second kappa shape index (κ2) is 5.97. The van der Waals surface area contributed by atoms with Crippen molar-refractivity contribution in [1.82, 2.24) is 29.9 Å². The summed E-state index contributed by atoms with van der Waals surface area (Å²) < 4.78 is 2.00. The average molecular weight is 260 g/mol. The topological polar surface area (TPSA) is 62.6 Å². The smallest absolute Gasteiger partial charge is 0.137 e. The molecule has 0 amide bonds. The number of hydrogen-bond donors (Lipinski definition) is 1. The average Bonchev–Trinajstić information content (AvgIpc) is 3.13. The summed E-state index contributed by atoms with van der Waals surface area (Å²) in [5.41, 5.74) is 0. The van der Waals surface area contributed by atoms with Gasteiger partial charge in [-0.25, -0.2) is 4.98 Å². The molecule has 0 unspecified atom stereocenters. The van der Waals surface area contributed by atoms with E-state index in [1.807, 2.05) is 23.1 Å². The third-order valence-corrected chi connectivity index (χ3v) is 3.83. The van der Waals surface area contributed by atoms with E-state index in [1.54, 1.807) is 6.33 Å². The van der Waals surface area contributed by atoms with E-state index in [2.05, 4.69) is 25.2 Å². The lowest BCUT2D eigenvalue weighted by Gasteiger charge is -2.30. The molecule has 0 aromatic carbocycles. The largest absolute Gasteiger partial charge is 0.303 e. The minimum atomic E-state index is 0.560. The summed E-state index contributed by atoms with van der Waals surface area (Å²) >= 11 is 0. The molecule has 3 heterocycles. The Morgan fingerprint density at radius 3 is 2.84 bits per heavy atom. The van der Waals surface area contributed by atoms with Crippen LogP contribution in [0.5, 0.6) is 0 Å². The number of likely N-dealkylation sites (tertiary alicyclic amines) is 1. The summed E-state index contributed by atoms with van der Waals surface area (Å²) in [6.07, 6.45) is 8.98. The van der Waals surface area contributed by atoms with Crippen LogP contribution in [0.3, 0.4) is 0 Å². The summed E-state index contributed by atoms with van der Waals surface area (Å²) in [6.45, 7) is 4.48. The Kier molecular flexibility index (Phi) is 3.88. The van der Waals surface area contributed by atoms with Gasteiger partial charge < -0.3 is 4.90 Å². The maximum absolute atomic E-state index is 4.26. The van der Waals surface area contributed by atoms with Gasteiger partial charge in [-0.15, -0.1) is 0 Å². The van der Waals surface area contributed by atoms with Crippen molar-refractivity contribution in [3.63, 3.8) is 0 Å². The minimum absolute atomic E-state index is 0.560. The summed E-state index contributed by atoms with van der Waals surface area (Å²) in [6, 6.07) is 1.98. The lowest BCUT2D eigenvalue weighted by Crippen LogP contribution is -2.34. The van der Waals surface area contributed by atoms with Crippen LogP contribution in [0.25, 0.3) is 0 Å². The Morgan fingerprint density at radius 1 is 1.26 bits per heavy atom. The second-order valence-corrected chi connectivity index (χ2v) is 5.11. The Hall–Kier alpha value is -1.69. The number of nitrogens with zero attached hydrogens (tertiary/aromatic N) is 5. The number of aromatic amines is 1. The van der Waals surface area contributed by atoms with Crippen molar-refractivity contribution >= 4 is 0 Å². The summed E-state index contributed by atoms with van der Waals surface area (Å²) in [7, 11) is 0. The Balaban J connectivity index is 1.38. The van der Waals surface area contributed by atoms with Crippen LogP contribution >= 0.6 is 0 Å². The van der Waals surface area contributed by atoms with E-state index in [-0.39, 0.29) is 0 Å². The second-order valence-electron chi connectivity index (χ2n) is 5.11. The van der Waals surface area contributed by atoms with Gasteiger partial charge in [0.2, 0.25) is 0 Å². The number of aromatic nitrogens is 5. The van der Waals surface area contributed by atoms with Crippen LogP contribution in [-0.2, 0) is 6.54 Å². The fourth-order valence-electron chi connectivity index (χ4n) is 2.73. The normalized spacial score (nSPS) is 17.9. The first-order chi connectivity index (χ1) is 9.42. The maximum Gasteiger partial charge on any atom is 0.137 e. The van der Waals surface area contributed by atoms with Gasteiger partial charge in [0.1, 0.15) is 12.2 Å². The first-order valence-electron chi connectivity index (χ1n) is 6.97. The molecule has 0 aliphatic carbocycles. The van der Waals surface area contributed by atoms with Crippen LogP contribution in [0.15, 0.2) is 24.8 Å². The molecule has 1 aliphatic heterocycles. The van der Waals surface area contributed by atoms with Crippen LogP contribution < -0.4 is 0 Å². The number of H-pyrrole nitrogens is 1. The number of nitrogens with one attached hydrogen (secondary N) is 1. The van der Waals surface area contributed by atoms with Gasteiger partial charge in [-0.2, -0.15) is 10.2 Å². The molecular weight excluding hydrogens is 240 g/mol. The Morgan fingerprint density at radius 2 is 2.16 bits per heavy atom. The number of piperidine rings is 1. The molecule has 1 N–H and O–H groups in total. The third kappa shape index (κ3) is 3.20. The molecular formula is C13H20N6. The zero-order valence-corrected chi connectivity index (χ0v) is 11.1. The highest BCUT2D eigenvalue weighted by molar-refractivity contribution is 4.95. The molecule has 1 saturated heterocycles. The van der Waals surface area contributed by atoms with Crippen LogP contribution in [0.4, 0.5) is 0 Å². The molecule has 0 radical (unpaired) electrons. The van der Waals surface area contributed by atoms with Crippen molar-refractivity contribution in [2.45, 2.75) is 31.7 Å². The van der Waals surface area contributed by atoms with Crippen molar-refractivity contribution in [2.75, 3.05) is 19.6 Å². The fraction of sp³-hybridized carbons (Fsp3) is 0.615. The van der Waals surface area contributed by atoms with Crippen molar-refractivity contribution in [1.29, 1.82) is 0 Å². The van der Waals surface area contributed by atoms with E-state index < -0.39 is 0 Å². The molecule has 2 aromatic rings. The molecule has 19 heavy (non-hydrogen) atoms. The SMILES string of the molecule is c1cnn(CCCN2CCC(c3ncn[nH]3)CC2)c1. The van der Waals surface area contributed by atoms with E-state index in [1.165, 1.54) is 12.8 Å². The number of aryl methyl sites for hydroxylation is 1. The summed E-state index contributed by atoms with van der Waals surface area (Å²) in [5, 5.41) is 11.2. The van der Waals surface area contributed by atoms with E-state index in [0.717, 1.165) is 38.4 Å². The lowest BCUT2D eigenvalue weighted by atomic mass is 9.96. The first-order valence-corrected chi connectivity index (χ1v) is 6.97. The molecule has 3 rings (SSSR count). The van der Waals surface area contributed by atoms with Gasteiger partial charge in [0, 0.05) is 24.9 Å². The summed E-state index contributed by atoms with van der Waals surface area (Å²) in [5.74, 6) is 1.61. The van der Waals surface area contributed by atoms with Gasteiger partial charge in [0.15, 0.2) is 0 Å². The number of rotatable bonds is 5. The van der Waals surface area contributed by atoms with E-state index in [4.69, 9.17) is 0 Å². The van der Waals surface area contributed by atoms with Crippen LogP contribution in [0.2, 0.25) is 0 Å². The lowest BCUT2D eigenvalue weighted by molar-refractivity contribution is 0.203. The van der Waals surface area contributed by atoms with Crippen molar-refractivity contribution in [3.05, 3.63) is 30.6 Å². The monoisotopic (exact) mass is 260 g/mol. The standard InChI is InChI=1S/C13H20N6/c1-5-16-19(7-1)8-2-6-18-9-3-12(4-10-18)13-14-11-15-17-13/h1,5,7,11-12H,2-4,6,8-10H2,(H,14,15,17). The van der Waals surface area contributed by atoms with E-state index in [0.29, 0.717) is 5.92 Å². The molecule has 0 spiro atoms. The molecule has 6 heteroatoms. The van der Waals surface area contributed by atoms with Gasteiger partial charge in [-0.1, -0.05) is 0 Å². The Bertz CT molecular complexity index is 453.